The summed E-state index contributed by atoms with van der Waals surface area (Å²) in [5.41, 5.74) is 5.50. The van der Waals surface area contributed by atoms with Crippen LogP contribution >= 0.6 is 0 Å². The number of likely N-dealkylation sites (tertiary alicyclic amines) is 1. The van der Waals surface area contributed by atoms with E-state index in [9.17, 15) is 9.59 Å². The molecule has 0 aromatic carbocycles. The highest BCUT2D eigenvalue weighted by molar-refractivity contribution is 5.91. The highest BCUT2D eigenvalue weighted by Gasteiger charge is 2.22. The summed E-state index contributed by atoms with van der Waals surface area (Å²) in [4.78, 5) is 29.3. The summed E-state index contributed by atoms with van der Waals surface area (Å²) in [7, 11) is 0. The third-order valence-corrected chi connectivity index (χ3v) is 3.95. The van der Waals surface area contributed by atoms with Crippen LogP contribution < -0.4 is 11.1 Å². The Hall–Kier alpha value is -2.11. The predicted octanol–water partition coefficient (Wildman–Crippen LogP) is 1.77. The van der Waals surface area contributed by atoms with E-state index in [2.05, 4.69) is 17.2 Å². The van der Waals surface area contributed by atoms with Crippen molar-refractivity contribution in [2.45, 2.75) is 45.1 Å². The summed E-state index contributed by atoms with van der Waals surface area (Å²) in [5, 5.41) is 3.32. The minimum atomic E-state index is -0.528. The van der Waals surface area contributed by atoms with Crippen molar-refractivity contribution < 1.29 is 9.59 Å². The number of pyridine rings is 1. The molecule has 1 fully saturated rings. The number of primary amides is 1. The van der Waals surface area contributed by atoms with E-state index in [1.807, 2.05) is 11.0 Å². The molecule has 1 aromatic heterocycles. The SMILES string of the molecule is CCCCC(=O)N1CCC(Nc2cccc(C(N)=O)n2)CC1. The van der Waals surface area contributed by atoms with E-state index in [0.717, 1.165) is 38.8 Å². The summed E-state index contributed by atoms with van der Waals surface area (Å²) in [6.45, 7) is 3.64. The van der Waals surface area contributed by atoms with Crippen molar-refractivity contribution in [3.05, 3.63) is 23.9 Å². The van der Waals surface area contributed by atoms with Crippen LogP contribution in [0.2, 0.25) is 0 Å². The highest BCUT2D eigenvalue weighted by atomic mass is 16.2. The second-order valence-electron chi connectivity index (χ2n) is 5.68. The summed E-state index contributed by atoms with van der Waals surface area (Å²) < 4.78 is 0. The third-order valence-electron chi connectivity index (χ3n) is 3.95. The molecule has 1 aliphatic heterocycles. The first kappa shape index (κ1) is 16.3. The zero-order chi connectivity index (χ0) is 15.9. The molecular formula is C16H24N4O2. The molecule has 0 radical (unpaired) electrons. The van der Waals surface area contributed by atoms with Crippen molar-refractivity contribution in [3.8, 4) is 0 Å². The zero-order valence-corrected chi connectivity index (χ0v) is 13.0. The van der Waals surface area contributed by atoms with Gasteiger partial charge >= 0.3 is 0 Å². The number of nitrogens with zero attached hydrogens (tertiary/aromatic N) is 2. The number of aromatic nitrogens is 1. The third kappa shape index (κ3) is 4.44. The number of anilines is 1. The number of rotatable bonds is 6. The van der Waals surface area contributed by atoms with Crippen molar-refractivity contribution in [2.24, 2.45) is 5.73 Å². The number of amides is 2. The number of unbranched alkanes of at least 4 members (excludes halogenated alkanes) is 1. The Labute approximate surface area is 131 Å². The Morgan fingerprint density at radius 2 is 2.09 bits per heavy atom. The van der Waals surface area contributed by atoms with E-state index in [1.54, 1.807) is 12.1 Å². The molecule has 6 nitrogen and oxygen atoms in total. The first-order valence-corrected chi connectivity index (χ1v) is 7.91. The molecule has 0 bridgehead atoms. The molecule has 0 spiro atoms. The van der Waals surface area contributed by atoms with Crippen LogP contribution in [-0.2, 0) is 4.79 Å². The Bertz CT molecular complexity index is 525. The monoisotopic (exact) mass is 304 g/mol. The molecule has 0 aliphatic carbocycles. The summed E-state index contributed by atoms with van der Waals surface area (Å²) in [6.07, 6.45) is 4.43. The van der Waals surface area contributed by atoms with Crippen LogP contribution in [0.3, 0.4) is 0 Å². The minimum Gasteiger partial charge on any atom is -0.367 e. The first-order valence-electron chi connectivity index (χ1n) is 7.91. The molecule has 3 N–H and O–H groups in total. The Morgan fingerprint density at radius 1 is 1.36 bits per heavy atom. The predicted molar refractivity (Wildman–Crippen MR) is 85.5 cm³/mol. The van der Waals surface area contributed by atoms with Crippen molar-refractivity contribution in [3.63, 3.8) is 0 Å². The Morgan fingerprint density at radius 3 is 2.73 bits per heavy atom. The lowest BCUT2D eigenvalue weighted by atomic mass is 10.0. The van der Waals surface area contributed by atoms with E-state index in [4.69, 9.17) is 5.73 Å². The van der Waals surface area contributed by atoms with Gasteiger partial charge in [0, 0.05) is 25.6 Å². The molecule has 22 heavy (non-hydrogen) atoms. The van der Waals surface area contributed by atoms with Crippen molar-refractivity contribution in [1.82, 2.24) is 9.88 Å². The van der Waals surface area contributed by atoms with Crippen LogP contribution in [0, 0.1) is 0 Å². The van der Waals surface area contributed by atoms with Crippen LogP contribution in [0.4, 0.5) is 5.82 Å². The van der Waals surface area contributed by atoms with Gasteiger partial charge in [0.15, 0.2) is 0 Å². The van der Waals surface area contributed by atoms with Crippen LogP contribution in [0.5, 0.6) is 0 Å². The minimum absolute atomic E-state index is 0.258. The molecule has 120 valence electrons. The first-order chi connectivity index (χ1) is 10.6. The maximum Gasteiger partial charge on any atom is 0.267 e. The number of hydrogen-bond acceptors (Lipinski definition) is 4. The molecule has 6 heteroatoms. The van der Waals surface area contributed by atoms with Crippen molar-refractivity contribution in [1.29, 1.82) is 0 Å². The molecule has 0 saturated carbocycles. The Balaban J connectivity index is 1.83. The topological polar surface area (TPSA) is 88.3 Å². The summed E-state index contributed by atoms with van der Waals surface area (Å²) in [5.74, 6) is 0.390. The quantitative estimate of drug-likeness (QED) is 0.838. The average Bonchev–Trinajstić information content (AvgIpc) is 2.53. The van der Waals surface area contributed by atoms with E-state index >= 15 is 0 Å². The van der Waals surface area contributed by atoms with Gasteiger partial charge in [-0.2, -0.15) is 0 Å². The smallest absolute Gasteiger partial charge is 0.267 e. The zero-order valence-electron chi connectivity index (χ0n) is 13.0. The fourth-order valence-electron chi connectivity index (χ4n) is 2.62. The normalized spacial score (nSPS) is 15.6. The van der Waals surface area contributed by atoms with Gasteiger partial charge in [-0.05, 0) is 31.4 Å². The average molecular weight is 304 g/mol. The largest absolute Gasteiger partial charge is 0.367 e. The van der Waals surface area contributed by atoms with Gasteiger partial charge in [-0.15, -0.1) is 0 Å². The highest BCUT2D eigenvalue weighted by Crippen LogP contribution is 2.16. The lowest BCUT2D eigenvalue weighted by Gasteiger charge is -2.32. The van der Waals surface area contributed by atoms with Crippen LogP contribution in [0.1, 0.15) is 49.5 Å². The maximum atomic E-state index is 12.0. The lowest BCUT2D eigenvalue weighted by molar-refractivity contribution is -0.132. The van der Waals surface area contributed by atoms with Gasteiger partial charge in [-0.25, -0.2) is 4.98 Å². The van der Waals surface area contributed by atoms with Gasteiger partial charge in [0.05, 0.1) is 0 Å². The molecule has 1 aliphatic rings. The van der Waals surface area contributed by atoms with Gasteiger partial charge < -0.3 is 16.0 Å². The second kappa shape index (κ2) is 7.77. The Kier molecular flexibility index (Phi) is 5.75. The fourth-order valence-corrected chi connectivity index (χ4v) is 2.62. The van der Waals surface area contributed by atoms with E-state index in [-0.39, 0.29) is 17.6 Å². The van der Waals surface area contributed by atoms with Gasteiger partial charge in [0.2, 0.25) is 5.91 Å². The van der Waals surface area contributed by atoms with E-state index < -0.39 is 5.91 Å². The summed E-state index contributed by atoms with van der Waals surface area (Å²) >= 11 is 0. The van der Waals surface area contributed by atoms with Gasteiger partial charge in [0.1, 0.15) is 11.5 Å². The van der Waals surface area contributed by atoms with Crippen LogP contribution in [0.15, 0.2) is 18.2 Å². The van der Waals surface area contributed by atoms with Crippen molar-refractivity contribution >= 4 is 17.6 Å². The van der Waals surface area contributed by atoms with Gasteiger partial charge in [0.25, 0.3) is 5.91 Å². The molecule has 1 aromatic rings. The number of hydrogen-bond donors (Lipinski definition) is 2. The number of piperidine rings is 1. The number of nitrogens with two attached hydrogens (primary N) is 1. The maximum absolute atomic E-state index is 12.0. The van der Waals surface area contributed by atoms with E-state index in [1.165, 1.54) is 0 Å². The molecule has 0 atom stereocenters. The molecular weight excluding hydrogens is 280 g/mol. The fraction of sp³-hybridized carbons (Fsp3) is 0.562. The van der Waals surface area contributed by atoms with Crippen LogP contribution in [0.25, 0.3) is 0 Å². The molecule has 1 saturated heterocycles. The van der Waals surface area contributed by atoms with Crippen molar-refractivity contribution in [2.75, 3.05) is 18.4 Å². The number of carbonyl (C=O) groups is 2. The van der Waals surface area contributed by atoms with Gasteiger partial charge in [-0.3, -0.25) is 9.59 Å². The van der Waals surface area contributed by atoms with Gasteiger partial charge in [-0.1, -0.05) is 19.4 Å². The summed E-state index contributed by atoms with van der Waals surface area (Å²) in [6, 6.07) is 5.46. The molecule has 2 amide bonds. The second-order valence-corrected chi connectivity index (χ2v) is 5.68. The molecule has 2 rings (SSSR count). The number of nitrogens with one attached hydrogen (secondary N) is 1. The molecule has 2 heterocycles. The van der Waals surface area contributed by atoms with Crippen LogP contribution in [-0.4, -0.2) is 40.8 Å². The van der Waals surface area contributed by atoms with E-state index in [0.29, 0.717) is 12.2 Å². The molecule has 0 unspecified atom stereocenters. The lowest BCUT2D eigenvalue weighted by Crippen LogP contribution is -2.42. The standard InChI is InChI=1S/C16H24N4O2/c1-2-3-7-15(21)20-10-8-12(9-11-20)18-14-6-4-5-13(19-14)16(17)22/h4-6,12H,2-3,7-11H2,1H3,(H2,17,22)(H,18,19). The number of carbonyl (C=O) groups excluding carboxylic acids is 2.